The van der Waals surface area contributed by atoms with Crippen LogP contribution in [0.25, 0.3) is 0 Å². The number of nitrogens with one attached hydrogen (secondary N) is 1. The summed E-state index contributed by atoms with van der Waals surface area (Å²) < 4.78 is 0. The summed E-state index contributed by atoms with van der Waals surface area (Å²) in [5.74, 6) is -0.0771. The molecule has 2 heterocycles. The molecule has 0 aromatic carbocycles. The Morgan fingerprint density at radius 1 is 1.55 bits per heavy atom. The van der Waals surface area contributed by atoms with Crippen molar-refractivity contribution in [1.29, 1.82) is 0 Å². The average molecular weight is 296 g/mol. The van der Waals surface area contributed by atoms with Gasteiger partial charge in [-0.2, -0.15) is 0 Å². The molecule has 108 valence electrons. The summed E-state index contributed by atoms with van der Waals surface area (Å²) in [5.41, 5.74) is 0.804. The summed E-state index contributed by atoms with van der Waals surface area (Å²) in [5, 5.41) is 3.16. The summed E-state index contributed by atoms with van der Waals surface area (Å²) in [4.78, 5) is 29.8. The Morgan fingerprint density at radius 3 is 2.95 bits per heavy atom. The molecular weight excluding hydrogens is 278 g/mol. The van der Waals surface area contributed by atoms with Gasteiger partial charge in [0.15, 0.2) is 0 Å². The van der Waals surface area contributed by atoms with E-state index in [4.69, 9.17) is 11.6 Å². The van der Waals surface area contributed by atoms with E-state index in [0.29, 0.717) is 11.6 Å². The fourth-order valence-electron chi connectivity index (χ4n) is 2.36. The lowest BCUT2D eigenvalue weighted by Gasteiger charge is -2.38. The van der Waals surface area contributed by atoms with Crippen molar-refractivity contribution in [3.05, 3.63) is 29.0 Å². The second kappa shape index (κ2) is 6.22. The number of hydrogen-bond donors (Lipinski definition) is 1. The van der Waals surface area contributed by atoms with Crippen molar-refractivity contribution in [2.75, 3.05) is 6.54 Å². The predicted octanol–water partition coefficient (Wildman–Crippen LogP) is 1.61. The average Bonchev–Trinajstić information content (AvgIpc) is 2.44. The van der Waals surface area contributed by atoms with Crippen molar-refractivity contribution < 1.29 is 9.59 Å². The van der Waals surface area contributed by atoms with Gasteiger partial charge in [0.1, 0.15) is 6.04 Å². The predicted molar refractivity (Wildman–Crippen MR) is 76.0 cm³/mol. The number of halogens is 1. The van der Waals surface area contributed by atoms with Gasteiger partial charge in [0.05, 0.1) is 11.6 Å². The molecule has 20 heavy (non-hydrogen) atoms. The first-order valence-electron chi connectivity index (χ1n) is 6.70. The summed E-state index contributed by atoms with van der Waals surface area (Å²) in [6.07, 6.45) is 4.00. The molecule has 6 heteroatoms. The van der Waals surface area contributed by atoms with Crippen LogP contribution in [0.15, 0.2) is 18.5 Å². The number of amides is 2. The monoisotopic (exact) mass is 295 g/mol. The van der Waals surface area contributed by atoms with Gasteiger partial charge in [0.25, 0.3) is 0 Å². The minimum Gasteiger partial charge on any atom is -0.345 e. The molecule has 1 saturated heterocycles. The molecule has 0 spiro atoms. The zero-order valence-electron chi connectivity index (χ0n) is 11.6. The van der Waals surface area contributed by atoms with Crippen LogP contribution in [-0.4, -0.2) is 34.3 Å². The third-order valence-corrected chi connectivity index (χ3v) is 4.06. The lowest BCUT2D eigenvalue weighted by molar-refractivity contribution is -0.148. The molecule has 1 aromatic rings. The zero-order chi connectivity index (χ0) is 14.7. The van der Waals surface area contributed by atoms with E-state index in [1.54, 1.807) is 23.4 Å². The molecule has 1 N–H and O–H groups in total. The van der Waals surface area contributed by atoms with Crippen LogP contribution in [0, 0.1) is 5.92 Å². The Kier molecular flexibility index (Phi) is 4.60. The molecule has 5 nitrogen and oxygen atoms in total. The van der Waals surface area contributed by atoms with Gasteiger partial charge in [-0.25, -0.2) is 0 Å². The fourth-order valence-corrected chi connectivity index (χ4v) is 2.54. The minimum atomic E-state index is -0.439. The van der Waals surface area contributed by atoms with Gasteiger partial charge in [-0.15, -0.1) is 0 Å². The smallest absolute Gasteiger partial charge is 0.243 e. The second-order valence-electron chi connectivity index (χ2n) is 5.04. The molecule has 0 radical (unpaired) electrons. The van der Waals surface area contributed by atoms with E-state index in [1.807, 2.05) is 13.8 Å². The van der Waals surface area contributed by atoms with Crippen LogP contribution >= 0.6 is 11.6 Å². The van der Waals surface area contributed by atoms with E-state index in [0.717, 1.165) is 12.0 Å². The Hall–Kier alpha value is -1.62. The van der Waals surface area contributed by atoms with Crippen molar-refractivity contribution in [3.8, 4) is 0 Å². The molecule has 1 aliphatic heterocycles. The molecule has 1 aromatic heterocycles. The number of rotatable bonds is 4. The molecule has 1 fully saturated rings. The highest BCUT2D eigenvalue weighted by Crippen LogP contribution is 2.23. The maximum atomic E-state index is 12.1. The van der Waals surface area contributed by atoms with Gasteiger partial charge in [0.2, 0.25) is 11.8 Å². The van der Waals surface area contributed by atoms with E-state index < -0.39 is 6.04 Å². The highest BCUT2D eigenvalue weighted by Gasteiger charge is 2.37. The van der Waals surface area contributed by atoms with E-state index in [1.165, 1.54) is 0 Å². The van der Waals surface area contributed by atoms with Gasteiger partial charge in [0, 0.05) is 18.9 Å². The molecular formula is C14H18ClN3O2. The van der Waals surface area contributed by atoms with Crippen LogP contribution in [0.2, 0.25) is 5.02 Å². The number of carbonyl (C=O) groups excluding carboxylic acids is 2. The van der Waals surface area contributed by atoms with Gasteiger partial charge in [-0.3, -0.25) is 14.6 Å². The number of hydrogen-bond acceptors (Lipinski definition) is 3. The Bertz CT molecular complexity index is 521. The van der Waals surface area contributed by atoms with Crippen molar-refractivity contribution in [3.63, 3.8) is 0 Å². The lowest BCUT2D eigenvalue weighted by atomic mass is 9.94. The van der Waals surface area contributed by atoms with Crippen LogP contribution < -0.4 is 5.32 Å². The normalized spacial score (nSPS) is 20.8. The van der Waals surface area contributed by atoms with Gasteiger partial charge < -0.3 is 10.2 Å². The van der Waals surface area contributed by atoms with Crippen LogP contribution in [0.3, 0.4) is 0 Å². The third kappa shape index (κ3) is 2.93. The Balaban J connectivity index is 2.27. The Morgan fingerprint density at radius 2 is 2.30 bits per heavy atom. The highest BCUT2D eigenvalue weighted by molar-refractivity contribution is 6.31. The first-order chi connectivity index (χ1) is 9.54. The molecule has 0 saturated carbocycles. The number of pyridine rings is 1. The quantitative estimate of drug-likeness (QED) is 0.918. The highest BCUT2D eigenvalue weighted by atomic mass is 35.5. The topological polar surface area (TPSA) is 62.3 Å². The molecule has 2 rings (SSSR count). The maximum Gasteiger partial charge on any atom is 0.243 e. The molecule has 1 aliphatic rings. The van der Waals surface area contributed by atoms with Crippen LogP contribution in [0.1, 0.15) is 25.8 Å². The largest absolute Gasteiger partial charge is 0.345 e. The third-order valence-electron chi connectivity index (χ3n) is 3.72. The number of carbonyl (C=O) groups is 2. The molecule has 2 amide bonds. The van der Waals surface area contributed by atoms with Gasteiger partial charge in [-0.05, 0) is 17.5 Å². The van der Waals surface area contributed by atoms with Crippen molar-refractivity contribution in [2.24, 2.45) is 5.92 Å². The summed E-state index contributed by atoms with van der Waals surface area (Å²) in [6.45, 7) is 4.37. The first-order valence-corrected chi connectivity index (χ1v) is 7.08. The van der Waals surface area contributed by atoms with E-state index in [-0.39, 0.29) is 24.3 Å². The first kappa shape index (κ1) is 14.8. The van der Waals surface area contributed by atoms with E-state index >= 15 is 0 Å². The minimum absolute atomic E-state index is 0.0501. The van der Waals surface area contributed by atoms with E-state index in [9.17, 15) is 9.59 Å². The zero-order valence-corrected chi connectivity index (χ0v) is 12.4. The van der Waals surface area contributed by atoms with Crippen LogP contribution in [0.5, 0.6) is 0 Å². The molecule has 0 bridgehead atoms. The maximum absolute atomic E-state index is 12.1. The standard InChI is InChI=1S/C14H18ClN3O2/c1-3-9(2)13-14(20)17-7-12(19)18(13)8-10-4-5-16-6-11(10)15/h4-6,9,13H,3,7-8H2,1-2H3,(H,17,20). The van der Waals surface area contributed by atoms with Gasteiger partial charge >= 0.3 is 0 Å². The van der Waals surface area contributed by atoms with Crippen molar-refractivity contribution >= 4 is 23.4 Å². The fraction of sp³-hybridized carbons (Fsp3) is 0.500. The number of aromatic nitrogens is 1. The summed E-state index contributed by atoms with van der Waals surface area (Å²) in [6, 6.07) is 1.33. The van der Waals surface area contributed by atoms with Crippen molar-refractivity contribution in [1.82, 2.24) is 15.2 Å². The van der Waals surface area contributed by atoms with Gasteiger partial charge in [-0.1, -0.05) is 31.9 Å². The van der Waals surface area contributed by atoms with Crippen LogP contribution in [0.4, 0.5) is 0 Å². The SMILES string of the molecule is CCC(C)C1C(=O)NCC(=O)N1Cc1ccncc1Cl. The molecule has 2 atom stereocenters. The second-order valence-corrected chi connectivity index (χ2v) is 5.44. The van der Waals surface area contributed by atoms with Crippen LogP contribution in [-0.2, 0) is 16.1 Å². The Labute approximate surface area is 123 Å². The van der Waals surface area contributed by atoms with Crippen molar-refractivity contribution in [2.45, 2.75) is 32.9 Å². The number of nitrogens with zero attached hydrogens (tertiary/aromatic N) is 2. The summed E-state index contributed by atoms with van der Waals surface area (Å²) >= 11 is 6.09. The molecule has 2 unspecified atom stereocenters. The molecule has 0 aliphatic carbocycles. The number of piperazine rings is 1. The summed E-state index contributed by atoms with van der Waals surface area (Å²) in [7, 11) is 0. The van der Waals surface area contributed by atoms with E-state index in [2.05, 4.69) is 10.3 Å². The lowest BCUT2D eigenvalue weighted by Crippen LogP contribution is -2.60.